The molecular weight excluding hydrogens is 614 g/mol. The molecule has 0 spiro atoms. The number of benzene rings is 3. The minimum absolute atomic E-state index is 0.112. The van der Waals surface area contributed by atoms with Crippen LogP contribution >= 0.6 is 0 Å². The van der Waals surface area contributed by atoms with Gasteiger partial charge >= 0.3 is 0 Å². The summed E-state index contributed by atoms with van der Waals surface area (Å²) < 4.78 is 5.82. The van der Waals surface area contributed by atoms with Crippen molar-refractivity contribution in [3.05, 3.63) is 96.1 Å². The van der Waals surface area contributed by atoms with Crippen LogP contribution < -0.4 is 10.6 Å². The molecule has 49 heavy (non-hydrogen) atoms. The minimum Gasteiger partial charge on any atom is -0.370 e. The summed E-state index contributed by atoms with van der Waals surface area (Å²) in [7, 11) is 5.49. The summed E-state index contributed by atoms with van der Waals surface area (Å²) >= 11 is 0. The Morgan fingerprint density at radius 3 is 2.14 bits per heavy atom. The van der Waals surface area contributed by atoms with Crippen LogP contribution in [0.4, 0.5) is 0 Å². The van der Waals surface area contributed by atoms with Crippen molar-refractivity contribution < 1.29 is 19.1 Å². The second-order valence-electron chi connectivity index (χ2n) is 13.6. The van der Waals surface area contributed by atoms with Gasteiger partial charge in [0.1, 0.15) is 18.7 Å². The molecule has 0 bridgehead atoms. The maximum absolute atomic E-state index is 14.5. The Morgan fingerprint density at radius 2 is 1.49 bits per heavy atom. The molecule has 0 aliphatic carbocycles. The Morgan fingerprint density at radius 1 is 0.837 bits per heavy atom. The lowest BCUT2D eigenvalue weighted by Crippen LogP contribution is -2.56. The van der Waals surface area contributed by atoms with Crippen molar-refractivity contribution in [2.45, 2.75) is 69.1 Å². The van der Waals surface area contributed by atoms with E-state index in [0.717, 1.165) is 61.0 Å². The first-order chi connectivity index (χ1) is 23.8. The van der Waals surface area contributed by atoms with Gasteiger partial charge in [0.15, 0.2) is 0 Å². The summed E-state index contributed by atoms with van der Waals surface area (Å²) in [5, 5.41) is 6.53. The normalized spacial score (nSPS) is 18.9. The topological polar surface area (TPSA) is 94.2 Å². The molecule has 3 amide bonds. The third-order valence-electron chi connectivity index (χ3n) is 10.2. The highest BCUT2D eigenvalue weighted by molar-refractivity contribution is 5.92. The van der Waals surface area contributed by atoms with Gasteiger partial charge in [0.2, 0.25) is 17.7 Å². The van der Waals surface area contributed by atoms with Crippen LogP contribution in [0.15, 0.2) is 84.9 Å². The number of rotatable bonds is 16. The van der Waals surface area contributed by atoms with Crippen LogP contribution in [0.25, 0.3) is 11.1 Å². The van der Waals surface area contributed by atoms with Crippen molar-refractivity contribution in [2.24, 2.45) is 0 Å². The molecule has 2 saturated heterocycles. The molecule has 2 fully saturated rings. The Labute approximate surface area is 292 Å². The molecule has 2 aliphatic heterocycles. The first kappa shape index (κ1) is 36.2. The van der Waals surface area contributed by atoms with Gasteiger partial charge in [-0.15, -0.1) is 0 Å². The molecule has 2 aliphatic rings. The number of ether oxygens (including phenoxy) is 1. The highest BCUT2D eigenvalue weighted by Gasteiger charge is 2.35. The third kappa shape index (κ3) is 10.2. The van der Waals surface area contributed by atoms with Gasteiger partial charge in [-0.3, -0.25) is 14.4 Å². The number of nitrogens with zero attached hydrogens (tertiary/aromatic N) is 3. The van der Waals surface area contributed by atoms with Crippen LogP contribution in [-0.4, -0.2) is 111 Å². The maximum atomic E-state index is 14.5. The van der Waals surface area contributed by atoms with E-state index in [9.17, 15) is 14.4 Å². The number of amides is 3. The second-order valence-corrected chi connectivity index (χ2v) is 13.6. The fraction of sp³-hybridized carbons (Fsp3) is 0.475. The number of nitrogens with one attached hydrogen (secondary N) is 2. The van der Waals surface area contributed by atoms with Crippen molar-refractivity contribution in [3.8, 4) is 11.1 Å². The molecule has 0 radical (unpaired) electrons. The van der Waals surface area contributed by atoms with E-state index >= 15 is 0 Å². The van der Waals surface area contributed by atoms with Crippen LogP contribution in [0.5, 0.6) is 0 Å². The van der Waals surface area contributed by atoms with Gasteiger partial charge in [-0.25, -0.2) is 0 Å². The van der Waals surface area contributed by atoms with Gasteiger partial charge in [-0.05, 0) is 74.5 Å². The number of likely N-dealkylation sites (tertiary alicyclic amines) is 1. The molecule has 9 heteroatoms. The molecule has 1 unspecified atom stereocenters. The average Bonchev–Trinajstić information content (AvgIpc) is 3.81. The molecule has 0 aromatic heterocycles. The van der Waals surface area contributed by atoms with Crippen LogP contribution in [0, 0.1) is 0 Å². The molecule has 4 atom stereocenters. The fourth-order valence-corrected chi connectivity index (χ4v) is 7.00. The predicted molar refractivity (Wildman–Crippen MR) is 194 cm³/mol. The van der Waals surface area contributed by atoms with Crippen molar-refractivity contribution in [2.75, 3.05) is 54.0 Å². The Kier molecular flexibility index (Phi) is 13.4. The van der Waals surface area contributed by atoms with E-state index in [0.29, 0.717) is 32.0 Å². The van der Waals surface area contributed by atoms with Crippen LogP contribution in [0.1, 0.15) is 43.2 Å². The summed E-state index contributed by atoms with van der Waals surface area (Å²) in [6.45, 7) is 2.93. The third-order valence-corrected chi connectivity index (χ3v) is 10.2. The minimum atomic E-state index is -0.827. The Hall–Kier alpha value is -4.05. The van der Waals surface area contributed by atoms with Gasteiger partial charge < -0.3 is 30.1 Å². The van der Waals surface area contributed by atoms with Crippen LogP contribution in [0.3, 0.4) is 0 Å². The smallest absolute Gasteiger partial charge is 0.249 e. The Bertz CT molecular complexity index is 1480. The van der Waals surface area contributed by atoms with Gasteiger partial charge in [-0.1, -0.05) is 84.9 Å². The van der Waals surface area contributed by atoms with E-state index in [1.165, 1.54) is 11.3 Å². The van der Waals surface area contributed by atoms with E-state index in [1.807, 2.05) is 72.8 Å². The summed E-state index contributed by atoms with van der Waals surface area (Å²) in [5.41, 5.74) is 4.07. The molecule has 262 valence electrons. The Balaban J connectivity index is 1.33. The number of carbonyl (C=O) groups is 3. The van der Waals surface area contributed by atoms with E-state index in [1.54, 1.807) is 19.0 Å². The van der Waals surface area contributed by atoms with Gasteiger partial charge in [0.05, 0.1) is 6.61 Å². The van der Waals surface area contributed by atoms with Crippen molar-refractivity contribution in [1.29, 1.82) is 0 Å². The second kappa shape index (κ2) is 18.1. The molecule has 0 saturated carbocycles. The van der Waals surface area contributed by atoms with Crippen LogP contribution in [-0.2, 0) is 32.0 Å². The zero-order chi connectivity index (χ0) is 34.6. The maximum Gasteiger partial charge on any atom is 0.249 e. The largest absolute Gasteiger partial charge is 0.370 e. The number of hydrogen-bond donors (Lipinski definition) is 2. The van der Waals surface area contributed by atoms with Gasteiger partial charge in [0.25, 0.3) is 0 Å². The van der Waals surface area contributed by atoms with Gasteiger partial charge in [0, 0.05) is 45.6 Å². The summed E-state index contributed by atoms with van der Waals surface area (Å²) in [6.07, 6.45) is 5.97. The van der Waals surface area contributed by atoms with Crippen molar-refractivity contribution in [3.63, 3.8) is 0 Å². The summed E-state index contributed by atoms with van der Waals surface area (Å²) in [5.74, 6) is -0.741. The monoisotopic (exact) mass is 667 g/mol. The SMILES string of the molecule is CN1CCCC1CCNC(=O)[C@@H](Cc1ccccc1)N(C)C(=O)[C@@H](Cc1ccc(-c2ccccc2)cc1)N(C)C(=O)COC[C@H]1CCCN1. The van der Waals surface area contributed by atoms with Crippen molar-refractivity contribution >= 4 is 17.7 Å². The summed E-state index contributed by atoms with van der Waals surface area (Å²) in [4.78, 5) is 47.3. The average molecular weight is 668 g/mol. The molecule has 2 N–H and O–H groups in total. The summed E-state index contributed by atoms with van der Waals surface area (Å²) in [6, 6.07) is 27.2. The van der Waals surface area contributed by atoms with Crippen molar-refractivity contribution in [1.82, 2.24) is 25.3 Å². The number of likely N-dealkylation sites (N-methyl/N-ethyl adjacent to an activating group) is 2. The number of carbonyl (C=O) groups excluding carboxylic acids is 3. The first-order valence-electron chi connectivity index (χ1n) is 17.8. The van der Waals surface area contributed by atoms with Crippen LogP contribution in [0.2, 0.25) is 0 Å². The number of hydrogen-bond acceptors (Lipinski definition) is 6. The highest BCUT2D eigenvalue weighted by Crippen LogP contribution is 2.22. The molecule has 2 heterocycles. The molecule has 9 nitrogen and oxygen atoms in total. The standard InChI is InChI=1S/C40H53N5O4/c1-43-25-11-17-35(43)22-24-42-39(47)36(26-30-12-6-4-7-13-30)45(3)40(48)37(44(2)38(46)29-49-28-34-16-10-23-41-34)27-31-18-20-33(21-19-31)32-14-8-5-9-15-32/h4-9,12-15,18-21,34-37,41H,10-11,16-17,22-29H2,1-3H3,(H,42,47)/t34-,35?,36-,37-/m1/s1. The zero-order valence-corrected chi connectivity index (χ0v) is 29.4. The lowest BCUT2D eigenvalue weighted by molar-refractivity contribution is -0.149. The lowest BCUT2D eigenvalue weighted by atomic mass is 9.98. The van der Waals surface area contributed by atoms with E-state index in [2.05, 4.69) is 34.7 Å². The molecular formula is C40H53N5O4. The molecule has 3 aromatic carbocycles. The van der Waals surface area contributed by atoms with E-state index in [4.69, 9.17) is 4.74 Å². The highest BCUT2D eigenvalue weighted by atomic mass is 16.5. The van der Waals surface area contributed by atoms with E-state index in [-0.39, 0.29) is 30.4 Å². The zero-order valence-electron chi connectivity index (χ0n) is 29.4. The molecule has 3 aromatic rings. The first-order valence-corrected chi connectivity index (χ1v) is 17.8. The lowest BCUT2D eigenvalue weighted by Gasteiger charge is -2.35. The predicted octanol–water partition coefficient (Wildman–Crippen LogP) is 4.16. The molecule has 5 rings (SSSR count). The van der Waals surface area contributed by atoms with E-state index < -0.39 is 12.1 Å². The fourth-order valence-electron chi connectivity index (χ4n) is 7.00. The quantitative estimate of drug-likeness (QED) is 0.239. The van der Waals surface area contributed by atoms with Gasteiger partial charge in [-0.2, -0.15) is 0 Å².